The van der Waals surface area contributed by atoms with E-state index in [4.69, 9.17) is 16.0 Å². The van der Waals surface area contributed by atoms with Crippen LogP contribution in [0.3, 0.4) is 0 Å². The topological polar surface area (TPSA) is 90.3 Å². The predicted molar refractivity (Wildman–Crippen MR) is 84.1 cm³/mol. The molecule has 0 radical (unpaired) electrons. The van der Waals surface area contributed by atoms with E-state index in [1.54, 1.807) is 35.2 Å². The molecule has 1 aromatic carbocycles. The van der Waals surface area contributed by atoms with Crippen molar-refractivity contribution in [1.29, 1.82) is 0 Å². The Morgan fingerprint density at radius 3 is 2.61 bits per heavy atom. The molecule has 0 aliphatic rings. The van der Waals surface area contributed by atoms with Crippen molar-refractivity contribution in [2.45, 2.75) is 0 Å². The zero-order chi connectivity index (χ0) is 16.4. The second-order valence-corrected chi connectivity index (χ2v) is 5.04. The predicted octanol–water partition coefficient (Wildman–Crippen LogP) is 3.88. The standard InChI is InChI=1S/C15H10ClN3O4/c16-10-3-4-11(12(9-10)18-7-1-2-8-18)17-15(20)13-5-6-14(23-13)19(21)22/h1-9H,(H,17,20). The second kappa shape index (κ2) is 5.98. The number of rotatable bonds is 4. The van der Waals surface area contributed by atoms with Gasteiger partial charge in [-0.25, -0.2) is 0 Å². The van der Waals surface area contributed by atoms with Crippen LogP contribution >= 0.6 is 11.6 Å². The minimum absolute atomic E-state index is 0.148. The summed E-state index contributed by atoms with van der Waals surface area (Å²) in [5.41, 5.74) is 1.16. The molecule has 0 aliphatic heterocycles. The highest BCUT2D eigenvalue weighted by molar-refractivity contribution is 6.31. The van der Waals surface area contributed by atoms with Gasteiger partial charge < -0.3 is 14.3 Å². The molecule has 0 saturated heterocycles. The minimum Gasteiger partial charge on any atom is -0.395 e. The van der Waals surface area contributed by atoms with E-state index in [1.165, 1.54) is 6.07 Å². The first-order chi connectivity index (χ1) is 11.0. The molecular formula is C15H10ClN3O4. The quantitative estimate of drug-likeness (QED) is 0.580. The summed E-state index contributed by atoms with van der Waals surface area (Å²) in [6, 6.07) is 11.0. The molecule has 0 saturated carbocycles. The van der Waals surface area contributed by atoms with Crippen LogP contribution in [0.4, 0.5) is 11.6 Å². The molecule has 0 spiro atoms. The number of amides is 1. The Morgan fingerprint density at radius 1 is 1.22 bits per heavy atom. The minimum atomic E-state index is -0.704. The highest BCUT2D eigenvalue weighted by atomic mass is 35.5. The van der Waals surface area contributed by atoms with Crippen LogP contribution in [0.15, 0.2) is 59.3 Å². The summed E-state index contributed by atoms with van der Waals surface area (Å²) in [5.74, 6) is -1.23. The zero-order valence-corrected chi connectivity index (χ0v) is 12.4. The second-order valence-electron chi connectivity index (χ2n) is 4.60. The Bertz CT molecular complexity index is 871. The summed E-state index contributed by atoms with van der Waals surface area (Å²) in [6.07, 6.45) is 3.61. The number of nitrogens with zero attached hydrogens (tertiary/aromatic N) is 2. The molecule has 0 atom stereocenters. The fourth-order valence-corrected chi connectivity index (χ4v) is 2.22. The highest BCUT2D eigenvalue weighted by Crippen LogP contribution is 2.26. The van der Waals surface area contributed by atoms with E-state index in [0.717, 1.165) is 6.07 Å². The number of aromatic nitrogens is 1. The number of hydrogen-bond acceptors (Lipinski definition) is 4. The van der Waals surface area contributed by atoms with E-state index in [0.29, 0.717) is 16.4 Å². The maximum Gasteiger partial charge on any atom is 0.433 e. The largest absolute Gasteiger partial charge is 0.433 e. The monoisotopic (exact) mass is 331 g/mol. The van der Waals surface area contributed by atoms with Gasteiger partial charge in [-0.3, -0.25) is 14.9 Å². The number of hydrogen-bond donors (Lipinski definition) is 1. The number of anilines is 1. The van der Waals surface area contributed by atoms with Gasteiger partial charge in [0.2, 0.25) is 0 Å². The SMILES string of the molecule is O=C(Nc1ccc(Cl)cc1-n1cccc1)c1ccc([N+](=O)[O-])o1. The van der Waals surface area contributed by atoms with Crippen molar-refractivity contribution in [2.24, 2.45) is 0 Å². The van der Waals surface area contributed by atoms with E-state index < -0.39 is 16.7 Å². The molecule has 0 unspecified atom stereocenters. The first-order valence-electron chi connectivity index (χ1n) is 6.53. The van der Waals surface area contributed by atoms with Gasteiger partial charge in [0.25, 0.3) is 5.91 Å². The van der Waals surface area contributed by atoms with Crippen LogP contribution in [0.5, 0.6) is 0 Å². The van der Waals surface area contributed by atoms with Gasteiger partial charge in [0, 0.05) is 17.4 Å². The molecule has 7 nitrogen and oxygen atoms in total. The molecule has 23 heavy (non-hydrogen) atoms. The average molecular weight is 332 g/mol. The Morgan fingerprint density at radius 2 is 1.96 bits per heavy atom. The smallest absolute Gasteiger partial charge is 0.395 e. The molecule has 1 amide bonds. The molecule has 1 N–H and O–H groups in total. The van der Waals surface area contributed by atoms with Crippen LogP contribution in [0.1, 0.15) is 10.6 Å². The number of nitro groups is 1. The lowest BCUT2D eigenvalue weighted by Gasteiger charge is -2.11. The first-order valence-corrected chi connectivity index (χ1v) is 6.91. The summed E-state index contributed by atoms with van der Waals surface area (Å²) in [4.78, 5) is 22.1. The Kier molecular flexibility index (Phi) is 3.86. The number of nitrogens with one attached hydrogen (secondary N) is 1. The van der Waals surface area contributed by atoms with Crippen molar-refractivity contribution in [3.63, 3.8) is 0 Å². The van der Waals surface area contributed by atoms with E-state index >= 15 is 0 Å². The summed E-state index contributed by atoms with van der Waals surface area (Å²) >= 11 is 6.01. The molecule has 116 valence electrons. The third-order valence-corrected chi connectivity index (χ3v) is 3.32. The number of carbonyl (C=O) groups excluding carboxylic acids is 1. The third-order valence-electron chi connectivity index (χ3n) is 3.09. The van der Waals surface area contributed by atoms with Crippen molar-refractivity contribution >= 4 is 29.1 Å². The van der Waals surface area contributed by atoms with Gasteiger partial charge >= 0.3 is 5.88 Å². The van der Waals surface area contributed by atoms with Crippen molar-refractivity contribution in [1.82, 2.24) is 4.57 Å². The molecule has 3 aromatic rings. The lowest BCUT2D eigenvalue weighted by Crippen LogP contribution is -2.12. The van der Waals surface area contributed by atoms with Crippen molar-refractivity contribution in [3.05, 3.63) is 75.8 Å². The van der Waals surface area contributed by atoms with Crippen LogP contribution in [-0.2, 0) is 0 Å². The Labute approximate surface area is 135 Å². The van der Waals surface area contributed by atoms with Crippen LogP contribution in [-0.4, -0.2) is 15.4 Å². The molecule has 0 aliphatic carbocycles. The van der Waals surface area contributed by atoms with Crippen LogP contribution in [0.25, 0.3) is 5.69 Å². The van der Waals surface area contributed by atoms with Crippen LogP contribution < -0.4 is 5.32 Å². The van der Waals surface area contributed by atoms with Crippen molar-refractivity contribution in [3.8, 4) is 5.69 Å². The third kappa shape index (κ3) is 3.09. The molecule has 0 bridgehead atoms. The summed E-state index contributed by atoms with van der Waals surface area (Å²) < 4.78 is 6.67. The normalized spacial score (nSPS) is 10.5. The molecule has 2 aromatic heterocycles. The number of benzene rings is 1. The van der Waals surface area contributed by atoms with E-state index in [2.05, 4.69) is 5.32 Å². The van der Waals surface area contributed by atoms with Gasteiger partial charge in [-0.05, 0) is 36.4 Å². The molecule has 2 heterocycles. The van der Waals surface area contributed by atoms with E-state index in [-0.39, 0.29) is 5.76 Å². The Hall–Kier alpha value is -3.06. The fraction of sp³-hybridized carbons (Fsp3) is 0. The first kappa shape index (κ1) is 14.9. The number of halogens is 1. The van der Waals surface area contributed by atoms with E-state index in [1.807, 2.05) is 12.1 Å². The van der Waals surface area contributed by atoms with Crippen LogP contribution in [0, 0.1) is 10.1 Å². The Balaban J connectivity index is 1.90. The fourth-order valence-electron chi connectivity index (χ4n) is 2.05. The lowest BCUT2D eigenvalue weighted by molar-refractivity contribution is -0.402. The maximum atomic E-state index is 12.2. The van der Waals surface area contributed by atoms with Crippen molar-refractivity contribution < 1.29 is 14.1 Å². The van der Waals surface area contributed by atoms with Gasteiger partial charge in [-0.15, -0.1) is 0 Å². The molecule has 0 fully saturated rings. The molecule has 8 heteroatoms. The van der Waals surface area contributed by atoms with E-state index in [9.17, 15) is 14.9 Å². The highest BCUT2D eigenvalue weighted by Gasteiger charge is 2.18. The van der Waals surface area contributed by atoms with Gasteiger partial charge in [-0.1, -0.05) is 11.6 Å². The maximum absolute atomic E-state index is 12.2. The average Bonchev–Trinajstić information content (AvgIpc) is 3.20. The number of furan rings is 1. The molecular weight excluding hydrogens is 322 g/mol. The molecule has 3 rings (SSSR count). The van der Waals surface area contributed by atoms with Gasteiger partial charge in [0.1, 0.15) is 4.92 Å². The van der Waals surface area contributed by atoms with Crippen molar-refractivity contribution in [2.75, 3.05) is 5.32 Å². The van der Waals surface area contributed by atoms with Gasteiger partial charge in [0.15, 0.2) is 5.76 Å². The number of carbonyl (C=O) groups is 1. The summed E-state index contributed by atoms with van der Waals surface area (Å²) in [5, 5.41) is 13.8. The summed E-state index contributed by atoms with van der Waals surface area (Å²) in [7, 11) is 0. The lowest BCUT2D eigenvalue weighted by atomic mass is 10.2. The van der Waals surface area contributed by atoms with Gasteiger partial charge in [0.05, 0.1) is 17.4 Å². The van der Waals surface area contributed by atoms with Crippen LogP contribution in [0.2, 0.25) is 5.02 Å². The van der Waals surface area contributed by atoms with Gasteiger partial charge in [-0.2, -0.15) is 0 Å². The zero-order valence-electron chi connectivity index (χ0n) is 11.6. The summed E-state index contributed by atoms with van der Waals surface area (Å²) in [6.45, 7) is 0.